The summed E-state index contributed by atoms with van der Waals surface area (Å²) in [5, 5.41) is 4.15. The lowest BCUT2D eigenvalue weighted by atomic mass is 9.85. The molecule has 0 aromatic heterocycles. The highest BCUT2D eigenvalue weighted by molar-refractivity contribution is 7.79. The number of halogens is 2. The minimum atomic E-state index is -2.41. The van der Waals surface area contributed by atoms with E-state index < -0.39 is 22.7 Å². The van der Waals surface area contributed by atoms with Crippen LogP contribution in [0.4, 0.5) is 14.5 Å². The molecule has 1 aliphatic rings. The molecule has 0 aliphatic carbocycles. The number of nitrogens with two attached hydrogens (primary N) is 1. The van der Waals surface area contributed by atoms with Crippen LogP contribution in [-0.2, 0) is 16.5 Å². The van der Waals surface area contributed by atoms with E-state index in [0.717, 1.165) is 11.6 Å². The van der Waals surface area contributed by atoms with Gasteiger partial charge in [-0.05, 0) is 36.1 Å². The van der Waals surface area contributed by atoms with Crippen molar-refractivity contribution in [1.29, 1.82) is 0 Å². The SMILES string of the molecule is CCN1CNN=C1c1cc(F)c(F)c(-c2cc(C(C)(C)C)ccc2S(=O)O)c1N. The normalized spacial score (nSPS) is 15.3. The fraction of sp³-hybridized carbons (Fsp3) is 0.350. The van der Waals surface area contributed by atoms with Gasteiger partial charge in [-0.3, -0.25) is 5.43 Å². The molecule has 29 heavy (non-hydrogen) atoms. The maximum atomic E-state index is 15.0. The Morgan fingerprint density at radius 1 is 1.28 bits per heavy atom. The molecule has 0 amide bonds. The highest BCUT2D eigenvalue weighted by Crippen LogP contribution is 2.39. The van der Waals surface area contributed by atoms with Crippen molar-refractivity contribution in [2.75, 3.05) is 18.9 Å². The van der Waals surface area contributed by atoms with Crippen molar-refractivity contribution in [2.24, 2.45) is 5.10 Å². The fourth-order valence-corrected chi connectivity index (χ4v) is 3.80. The van der Waals surface area contributed by atoms with Crippen LogP contribution >= 0.6 is 0 Å². The molecule has 1 unspecified atom stereocenters. The molecular weight excluding hydrogens is 398 g/mol. The van der Waals surface area contributed by atoms with Crippen LogP contribution in [0.3, 0.4) is 0 Å². The number of anilines is 1. The second-order valence-corrected chi connectivity index (χ2v) is 8.76. The molecule has 2 aromatic rings. The first kappa shape index (κ1) is 21.2. The standard InChI is InChI=1S/C20H24F2N4O2S/c1-5-26-10-24-25-19(26)13-9-14(21)17(22)16(18(13)23)12-8-11(20(2,3)4)6-7-15(12)29(27)28/h6-9,24H,5,10,23H2,1-4H3,(H,27,28). The summed E-state index contributed by atoms with van der Waals surface area (Å²) in [5.41, 5.74) is 9.60. The van der Waals surface area contributed by atoms with Crippen molar-refractivity contribution >= 4 is 22.6 Å². The molecule has 9 heteroatoms. The Labute approximate surface area is 171 Å². The van der Waals surface area contributed by atoms with E-state index in [-0.39, 0.29) is 32.7 Å². The van der Waals surface area contributed by atoms with Gasteiger partial charge in [0.05, 0.1) is 10.6 Å². The molecule has 0 bridgehead atoms. The predicted octanol–water partition coefficient (Wildman–Crippen LogP) is 3.64. The van der Waals surface area contributed by atoms with Crippen molar-refractivity contribution in [2.45, 2.75) is 38.0 Å². The van der Waals surface area contributed by atoms with Gasteiger partial charge in [-0.15, -0.1) is 0 Å². The van der Waals surface area contributed by atoms with Crippen molar-refractivity contribution in [1.82, 2.24) is 10.3 Å². The van der Waals surface area contributed by atoms with Crippen LogP contribution in [-0.4, -0.2) is 32.7 Å². The molecule has 0 fully saturated rings. The van der Waals surface area contributed by atoms with Gasteiger partial charge in [0.25, 0.3) is 0 Å². The van der Waals surface area contributed by atoms with Gasteiger partial charge >= 0.3 is 0 Å². The molecule has 0 spiro atoms. The monoisotopic (exact) mass is 422 g/mol. The van der Waals surface area contributed by atoms with Gasteiger partial charge in [-0.1, -0.05) is 26.8 Å². The van der Waals surface area contributed by atoms with E-state index >= 15 is 0 Å². The molecule has 3 rings (SSSR count). The smallest absolute Gasteiger partial charge is 0.187 e. The van der Waals surface area contributed by atoms with Gasteiger partial charge in [0, 0.05) is 23.2 Å². The maximum Gasteiger partial charge on any atom is 0.187 e. The Bertz CT molecular complexity index is 1020. The van der Waals surface area contributed by atoms with Gasteiger partial charge in [0.15, 0.2) is 28.6 Å². The van der Waals surface area contributed by atoms with Crippen molar-refractivity contribution in [3.8, 4) is 11.1 Å². The van der Waals surface area contributed by atoms with Gasteiger partial charge < -0.3 is 15.2 Å². The lowest BCUT2D eigenvalue weighted by Crippen LogP contribution is -2.30. The number of benzene rings is 2. The first-order valence-electron chi connectivity index (χ1n) is 9.15. The third-order valence-corrected chi connectivity index (χ3v) is 5.66. The molecule has 0 radical (unpaired) electrons. The zero-order chi connectivity index (χ0) is 21.5. The van der Waals surface area contributed by atoms with Gasteiger partial charge in [-0.2, -0.15) is 5.10 Å². The molecule has 0 saturated carbocycles. The fourth-order valence-electron chi connectivity index (χ4n) is 3.27. The van der Waals surface area contributed by atoms with Gasteiger partial charge in [0.1, 0.15) is 6.67 Å². The van der Waals surface area contributed by atoms with E-state index in [9.17, 15) is 17.5 Å². The number of hydrazone groups is 1. The summed E-state index contributed by atoms with van der Waals surface area (Å²) < 4.78 is 51.2. The molecule has 1 aliphatic heterocycles. The third-order valence-electron chi connectivity index (χ3n) is 4.93. The number of rotatable bonds is 4. The van der Waals surface area contributed by atoms with Crippen LogP contribution in [0, 0.1) is 11.6 Å². The summed E-state index contributed by atoms with van der Waals surface area (Å²) in [5.74, 6) is -1.88. The summed E-state index contributed by atoms with van der Waals surface area (Å²) >= 11 is -2.41. The zero-order valence-electron chi connectivity index (χ0n) is 16.7. The number of hydrogen-bond donors (Lipinski definition) is 3. The van der Waals surface area contributed by atoms with Crippen LogP contribution in [0.25, 0.3) is 11.1 Å². The minimum Gasteiger partial charge on any atom is -0.398 e. The number of nitrogens with zero attached hydrogens (tertiary/aromatic N) is 2. The lowest BCUT2D eigenvalue weighted by Gasteiger charge is -2.23. The summed E-state index contributed by atoms with van der Waals surface area (Å²) in [7, 11) is 0. The third kappa shape index (κ3) is 3.84. The van der Waals surface area contributed by atoms with Crippen LogP contribution in [0.2, 0.25) is 0 Å². The first-order valence-corrected chi connectivity index (χ1v) is 10.3. The van der Waals surface area contributed by atoms with E-state index in [0.29, 0.717) is 19.0 Å². The van der Waals surface area contributed by atoms with E-state index in [2.05, 4.69) is 10.5 Å². The Kier molecular flexibility index (Phi) is 5.64. The summed E-state index contributed by atoms with van der Waals surface area (Å²) in [6, 6.07) is 5.74. The largest absolute Gasteiger partial charge is 0.398 e. The van der Waals surface area contributed by atoms with Crippen LogP contribution in [0.1, 0.15) is 38.8 Å². The summed E-state index contributed by atoms with van der Waals surface area (Å²) in [6.45, 7) is 8.78. The van der Waals surface area contributed by atoms with E-state index in [1.165, 1.54) is 6.07 Å². The Morgan fingerprint density at radius 2 is 1.97 bits per heavy atom. The molecule has 156 valence electrons. The molecule has 6 nitrogen and oxygen atoms in total. The van der Waals surface area contributed by atoms with Gasteiger partial charge in [0.2, 0.25) is 0 Å². The molecule has 2 aromatic carbocycles. The number of nitrogens with one attached hydrogen (secondary N) is 1. The Balaban J connectivity index is 2.33. The Hall–Kier alpha value is -2.52. The average Bonchev–Trinajstić information content (AvgIpc) is 3.12. The van der Waals surface area contributed by atoms with Gasteiger partial charge in [-0.25, -0.2) is 13.0 Å². The minimum absolute atomic E-state index is 0.0393. The van der Waals surface area contributed by atoms with E-state index in [4.69, 9.17) is 5.73 Å². The Morgan fingerprint density at radius 3 is 2.55 bits per heavy atom. The maximum absolute atomic E-state index is 15.0. The van der Waals surface area contributed by atoms with Crippen molar-refractivity contribution in [3.63, 3.8) is 0 Å². The number of hydrogen-bond acceptors (Lipinski definition) is 5. The molecule has 4 N–H and O–H groups in total. The highest BCUT2D eigenvalue weighted by Gasteiger charge is 2.28. The average molecular weight is 423 g/mol. The topological polar surface area (TPSA) is 91.0 Å². The number of amidine groups is 1. The second-order valence-electron chi connectivity index (χ2n) is 7.83. The highest BCUT2D eigenvalue weighted by atomic mass is 32.2. The predicted molar refractivity (Wildman–Crippen MR) is 111 cm³/mol. The van der Waals surface area contributed by atoms with E-state index in [1.807, 2.05) is 32.6 Å². The first-order chi connectivity index (χ1) is 13.6. The van der Waals surface area contributed by atoms with Crippen LogP contribution < -0.4 is 11.2 Å². The van der Waals surface area contributed by atoms with E-state index in [1.54, 1.807) is 12.1 Å². The summed E-state index contributed by atoms with van der Waals surface area (Å²) in [6.07, 6.45) is 0. The number of nitrogen functional groups attached to an aromatic ring is 1. The van der Waals surface area contributed by atoms with Crippen molar-refractivity contribution < 1.29 is 17.5 Å². The van der Waals surface area contributed by atoms with Crippen molar-refractivity contribution in [3.05, 3.63) is 47.0 Å². The quantitative estimate of drug-likeness (QED) is 0.517. The zero-order valence-corrected chi connectivity index (χ0v) is 17.5. The molecule has 1 heterocycles. The second kappa shape index (κ2) is 7.72. The van der Waals surface area contributed by atoms with Crippen LogP contribution in [0.15, 0.2) is 34.3 Å². The summed E-state index contributed by atoms with van der Waals surface area (Å²) in [4.78, 5) is 1.78. The molecule has 0 saturated heterocycles. The lowest BCUT2D eigenvalue weighted by molar-refractivity contribution is 0.446. The molecular formula is C20H24F2N4O2S. The van der Waals surface area contributed by atoms with Crippen LogP contribution in [0.5, 0.6) is 0 Å². The molecule has 1 atom stereocenters.